The van der Waals surface area contributed by atoms with Crippen LogP contribution in [-0.4, -0.2) is 56.3 Å². The normalized spacial score (nSPS) is 16.5. The van der Waals surface area contributed by atoms with Gasteiger partial charge in [-0.05, 0) is 36.9 Å². The lowest BCUT2D eigenvalue weighted by Gasteiger charge is -2.33. The number of piperazine rings is 1. The third kappa shape index (κ3) is 4.14. The molecular weight excluding hydrogens is 354 g/mol. The summed E-state index contributed by atoms with van der Waals surface area (Å²) in [6.45, 7) is 5.60. The number of furan rings is 1. The minimum atomic E-state index is -3.60. The molecule has 1 aliphatic rings. The van der Waals surface area contributed by atoms with Crippen molar-refractivity contribution >= 4 is 15.9 Å². The summed E-state index contributed by atoms with van der Waals surface area (Å²) in [6, 6.07) is 9.66. The average Bonchev–Trinajstić information content (AvgIpc) is 3.20. The number of nitrogens with one attached hydrogen (secondary N) is 1. The molecule has 7 nitrogen and oxygen atoms in total. The minimum absolute atomic E-state index is 0.146. The SMILES string of the molecule is CCN1CCN(S(=O)(=O)c2cccc(C(=O)NCc3ccco3)c2)CC1. The van der Waals surface area contributed by atoms with Crippen molar-refractivity contribution in [1.82, 2.24) is 14.5 Å². The highest BCUT2D eigenvalue weighted by Gasteiger charge is 2.28. The molecule has 1 aliphatic heterocycles. The second-order valence-electron chi connectivity index (χ2n) is 6.13. The Morgan fingerprint density at radius 3 is 2.58 bits per heavy atom. The fraction of sp³-hybridized carbons (Fsp3) is 0.389. The molecule has 26 heavy (non-hydrogen) atoms. The molecule has 0 spiro atoms. The molecule has 140 valence electrons. The zero-order chi connectivity index (χ0) is 18.6. The molecule has 0 bridgehead atoms. The number of sulfonamides is 1. The summed E-state index contributed by atoms with van der Waals surface area (Å²) in [5, 5.41) is 2.73. The third-order valence-electron chi connectivity index (χ3n) is 4.52. The van der Waals surface area contributed by atoms with E-state index in [2.05, 4.69) is 17.1 Å². The highest BCUT2D eigenvalue weighted by molar-refractivity contribution is 7.89. The molecule has 3 rings (SSSR count). The molecule has 0 atom stereocenters. The number of amides is 1. The zero-order valence-electron chi connectivity index (χ0n) is 14.7. The summed E-state index contributed by atoms with van der Waals surface area (Å²) < 4.78 is 32.4. The Kier molecular flexibility index (Phi) is 5.75. The van der Waals surface area contributed by atoms with Gasteiger partial charge < -0.3 is 14.6 Å². The van der Waals surface area contributed by atoms with Crippen molar-refractivity contribution in [2.75, 3.05) is 32.7 Å². The second kappa shape index (κ2) is 8.03. The van der Waals surface area contributed by atoms with Crippen LogP contribution in [0.15, 0.2) is 52.0 Å². The Hall–Kier alpha value is -2.16. The van der Waals surface area contributed by atoms with E-state index in [1.54, 1.807) is 24.3 Å². The number of carbonyl (C=O) groups excluding carboxylic acids is 1. The van der Waals surface area contributed by atoms with Crippen LogP contribution in [0.5, 0.6) is 0 Å². The minimum Gasteiger partial charge on any atom is -0.467 e. The van der Waals surface area contributed by atoms with Gasteiger partial charge in [-0.2, -0.15) is 4.31 Å². The molecule has 2 heterocycles. The molecule has 0 saturated carbocycles. The van der Waals surface area contributed by atoms with Gasteiger partial charge in [0, 0.05) is 31.7 Å². The summed E-state index contributed by atoms with van der Waals surface area (Å²) in [5.41, 5.74) is 0.310. The van der Waals surface area contributed by atoms with Crippen LogP contribution in [0.4, 0.5) is 0 Å². The van der Waals surface area contributed by atoms with E-state index in [9.17, 15) is 13.2 Å². The summed E-state index contributed by atoms with van der Waals surface area (Å²) >= 11 is 0. The van der Waals surface area contributed by atoms with E-state index in [0.717, 1.165) is 19.6 Å². The Bertz CT molecular complexity index is 841. The van der Waals surface area contributed by atoms with Gasteiger partial charge in [-0.15, -0.1) is 0 Å². The first-order valence-electron chi connectivity index (χ1n) is 8.64. The van der Waals surface area contributed by atoms with Crippen molar-refractivity contribution in [3.05, 3.63) is 54.0 Å². The van der Waals surface area contributed by atoms with Gasteiger partial charge in [0.2, 0.25) is 10.0 Å². The number of hydrogen-bond donors (Lipinski definition) is 1. The van der Waals surface area contributed by atoms with Crippen LogP contribution in [0.3, 0.4) is 0 Å². The first kappa shape index (κ1) is 18.6. The van der Waals surface area contributed by atoms with Crippen LogP contribution in [-0.2, 0) is 16.6 Å². The van der Waals surface area contributed by atoms with E-state index in [1.807, 2.05) is 0 Å². The Morgan fingerprint density at radius 1 is 1.15 bits per heavy atom. The van der Waals surface area contributed by atoms with Gasteiger partial charge in [0.25, 0.3) is 5.91 Å². The maximum Gasteiger partial charge on any atom is 0.251 e. The first-order valence-corrected chi connectivity index (χ1v) is 10.1. The van der Waals surface area contributed by atoms with Gasteiger partial charge in [-0.1, -0.05) is 13.0 Å². The maximum absolute atomic E-state index is 12.9. The molecule has 1 aromatic heterocycles. The fourth-order valence-electron chi connectivity index (χ4n) is 2.92. The van der Waals surface area contributed by atoms with E-state index in [4.69, 9.17) is 4.42 Å². The lowest BCUT2D eigenvalue weighted by Crippen LogP contribution is -2.48. The number of nitrogens with zero attached hydrogens (tertiary/aromatic N) is 2. The van der Waals surface area contributed by atoms with Gasteiger partial charge in [0.05, 0.1) is 17.7 Å². The van der Waals surface area contributed by atoms with Crippen molar-refractivity contribution in [1.29, 1.82) is 0 Å². The standard InChI is InChI=1S/C18H23N3O4S/c1-2-20-8-10-21(11-9-20)26(23,24)17-7-3-5-15(13-17)18(22)19-14-16-6-4-12-25-16/h3-7,12-13H,2,8-11,14H2,1H3,(H,19,22). The number of carbonyl (C=O) groups is 1. The molecule has 2 aromatic rings. The van der Waals surface area contributed by atoms with E-state index in [1.165, 1.54) is 22.7 Å². The molecule has 1 amide bonds. The second-order valence-corrected chi connectivity index (χ2v) is 8.07. The molecule has 8 heteroatoms. The van der Waals surface area contributed by atoms with E-state index in [0.29, 0.717) is 24.4 Å². The van der Waals surface area contributed by atoms with Crippen LogP contribution in [0.25, 0.3) is 0 Å². The number of benzene rings is 1. The first-order chi connectivity index (χ1) is 12.5. The highest BCUT2D eigenvalue weighted by atomic mass is 32.2. The predicted molar refractivity (Wildman–Crippen MR) is 97.2 cm³/mol. The fourth-order valence-corrected chi connectivity index (χ4v) is 4.38. The van der Waals surface area contributed by atoms with E-state index < -0.39 is 10.0 Å². The van der Waals surface area contributed by atoms with Crippen molar-refractivity contribution < 1.29 is 17.6 Å². The van der Waals surface area contributed by atoms with Crippen LogP contribution >= 0.6 is 0 Å². The number of likely N-dealkylation sites (N-methyl/N-ethyl adjacent to an activating group) is 1. The molecule has 1 fully saturated rings. The largest absolute Gasteiger partial charge is 0.467 e. The Balaban J connectivity index is 1.70. The van der Waals surface area contributed by atoms with E-state index >= 15 is 0 Å². The van der Waals surface area contributed by atoms with Gasteiger partial charge in [-0.25, -0.2) is 8.42 Å². The topological polar surface area (TPSA) is 82.9 Å². The monoisotopic (exact) mass is 377 g/mol. The summed E-state index contributed by atoms with van der Waals surface area (Å²) in [6.07, 6.45) is 1.53. The summed E-state index contributed by atoms with van der Waals surface area (Å²) in [7, 11) is -3.60. The van der Waals surface area contributed by atoms with Crippen LogP contribution in [0, 0.1) is 0 Å². The third-order valence-corrected chi connectivity index (χ3v) is 6.41. The van der Waals surface area contributed by atoms with Crippen molar-refractivity contribution in [2.24, 2.45) is 0 Å². The average molecular weight is 377 g/mol. The molecule has 0 unspecified atom stereocenters. The Labute approximate surface area is 153 Å². The predicted octanol–water partition coefficient (Wildman–Crippen LogP) is 1.54. The smallest absolute Gasteiger partial charge is 0.251 e. The van der Waals surface area contributed by atoms with Crippen LogP contribution in [0.2, 0.25) is 0 Å². The zero-order valence-corrected chi connectivity index (χ0v) is 15.5. The van der Waals surface area contributed by atoms with Gasteiger partial charge in [0.1, 0.15) is 5.76 Å². The maximum atomic E-state index is 12.9. The summed E-state index contributed by atoms with van der Waals surface area (Å²) in [4.78, 5) is 14.7. The lowest BCUT2D eigenvalue weighted by molar-refractivity contribution is 0.0948. The van der Waals surface area contributed by atoms with Crippen molar-refractivity contribution in [3.8, 4) is 0 Å². The molecule has 1 aromatic carbocycles. The van der Waals surface area contributed by atoms with Gasteiger partial charge in [0.15, 0.2) is 0 Å². The van der Waals surface area contributed by atoms with Crippen LogP contribution < -0.4 is 5.32 Å². The molecule has 0 aliphatic carbocycles. The Morgan fingerprint density at radius 2 is 1.92 bits per heavy atom. The van der Waals surface area contributed by atoms with Crippen LogP contribution in [0.1, 0.15) is 23.0 Å². The van der Waals surface area contributed by atoms with Crippen molar-refractivity contribution in [3.63, 3.8) is 0 Å². The number of rotatable bonds is 6. The van der Waals surface area contributed by atoms with Crippen molar-refractivity contribution in [2.45, 2.75) is 18.4 Å². The highest BCUT2D eigenvalue weighted by Crippen LogP contribution is 2.19. The van der Waals surface area contributed by atoms with Gasteiger partial charge >= 0.3 is 0 Å². The van der Waals surface area contributed by atoms with E-state index in [-0.39, 0.29) is 17.3 Å². The molecule has 1 saturated heterocycles. The summed E-state index contributed by atoms with van der Waals surface area (Å²) in [5.74, 6) is 0.296. The molecular formula is C18H23N3O4S. The number of hydrogen-bond acceptors (Lipinski definition) is 5. The van der Waals surface area contributed by atoms with Gasteiger partial charge in [-0.3, -0.25) is 4.79 Å². The molecule has 0 radical (unpaired) electrons. The quantitative estimate of drug-likeness (QED) is 0.826. The lowest BCUT2D eigenvalue weighted by atomic mass is 10.2. The molecule has 1 N–H and O–H groups in total.